The number of carbonyl (C=O) groups is 1. The van der Waals surface area contributed by atoms with Crippen molar-refractivity contribution >= 4 is 34.5 Å². The monoisotopic (exact) mass is 465 g/mol. The lowest BCUT2D eigenvalue weighted by Crippen LogP contribution is -2.13. The van der Waals surface area contributed by atoms with Gasteiger partial charge in [-0.25, -0.2) is 4.98 Å². The number of amides is 1. The predicted molar refractivity (Wildman–Crippen MR) is 142 cm³/mol. The first-order valence-corrected chi connectivity index (χ1v) is 11.1. The molecule has 0 saturated heterocycles. The van der Waals surface area contributed by atoms with Crippen LogP contribution in [0.3, 0.4) is 0 Å². The van der Waals surface area contributed by atoms with E-state index in [0.29, 0.717) is 39.7 Å². The normalized spacial score (nSPS) is 10.4. The van der Waals surface area contributed by atoms with Gasteiger partial charge in [0.05, 0.1) is 12.8 Å². The van der Waals surface area contributed by atoms with Gasteiger partial charge in [-0.2, -0.15) is 0 Å². The molecule has 0 spiro atoms. The third kappa shape index (κ3) is 5.65. The summed E-state index contributed by atoms with van der Waals surface area (Å²) in [5.74, 6) is 0.993. The summed E-state index contributed by atoms with van der Waals surface area (Å²) < 4.78 is 5.29. The lowest BCUT2D eigenvalue weighted by atomic mass is 10.0. The fourth-order valence-electron chi connectivity index (χ4n) is 3.58. The van der Waals surface area contributed by atoms with E-state index in [4.69, 9.17) is 10.1 Å². The summed E-state index contributed by atoms with van der Waals surface area (Å²) in [7, 11) is 5.51. The third-order valence-corrected chi connectivity index (χ3v) is 5.44. The van der Waals surface area contributed by atoms with Crippen LogP contribution in [0.25, 0.3) is 0 Å². The van der Waals surface area contributed by atoms with Gasteiger partial charge in [-0.3, -0.25) is 10.2 Å². The highest BCUT2D eigenvalue weighted by molar-refractivity contribution is 6.14. The number of methoxy groups -OCH3 is 1. The molecule has 35 heavy (non-hydrogen) atoms. The molecule has 0 unspecified atom stereocenters. The number of nitrogens with one attached hydrogen (secondary N) is 3. The second-order valence-corrected chi connectivity index (χ2v) is 8.11. The summed E-state index contributed by atoms with van der Waals surface area (Å²) in [4.78, 5) is 19.3. The number of nitrogens with zero attached hydrogens (tertiary/aromatic N) is 2. The van der Waals surface area contributed by atoms with E-state index in [9.17, 15) is 4.79 Å². The molecule has 0 aliphatic heterocycles. The summed E-state index contributed by atoms with van der Waals surface area (Å²) >= 11 is 0. The predicted octanol–water partition coefficient (Wildman–Crippen LogP) is 5.57. The molecule has 0 saturated carbocycles. The number of aromatic nitrogens is 1. The fraction of sp³-hybridized carbons (Fsp3) is 0.107. The van der Waals surface area contributed by atoms with Crippen LogP contribution in [0.15, 0.2) is 91.1 Å². The van der Waals surface area contributed by atoms with E-state index in [-0.39, 0.29) is 5.91 Å². The molecular formula is C28H27N5O2. The van der Waals surface area contributed by atoms with Crippen LogP contribution in [0.1, 0.15) is 21.5 Å². The van der Waals surface area contributed by atoms with Gasteiger partial charge in [0.15, 0.2) is 0 Å². The Morgan fingerprint density at radius 3 is 2.43 bits per heavy atom. The van der Waals surface area contributed by atoms with Gasteiger partial charge in [0.2, 0.25) is 0 Å². The number of ether oxygens (including phenoxy) is 1. The molecule has 3 N–H and O–H groups in total. The summed E-state index contributed by atoms with van der Waals surface area (Å²) in [6.45, 7) is 0. The van der Waals surface area contributed by atoms with Gasteiger partial charge >= 0.3 is 0 Å². The lowest BCUT2D eigenvalue weighted by molar-refractivity contribution is 0.102. The molecule has 1 aromatic heterocycles. The Labute approximate surface area is 204 Å². The van der Waals surface area contributed by atoms with E-state index in [2.05, 4.69) is 15.6 Å². The molecular weight excluding hydrogens is 438 g/mol. The number of benzene rings is 3. The van der Waals surface area contributed by atoms with Crippen LogP contribution in [-0.2, 0) is 0 Å². The van der Waals surface area contributed by atoms with Crippen molar-refractivity contribution in [1.82, 2.24) is 4.98 Å². The molecule has 4 rings (SSSR count). The van der Waals surface area contributed by atoms with Crippen LogP contribution in [0.2, 0.25) is 0 Å². The van der Waals surface area contributed by atoms with E-state index in [1.54, 1.807) is 31.5 Å². The Kier molecular flexibility index (Phi) is 7.07. The summed E-state index contributed by atoms with van der Waals surface area (Å²) in [5, 5.41) is 14.9. The number of hydrogen-bond acceptors (Lipinski definition) is 6. The van der Waals surface area contributed by atoms with Gasteiger partial charge in [0.1, 0.15) is 11.6 Å². The van der Waals surface area contributed by atoms with E-state index in [1.165, 1.54) is 0 Å². The number of rotatable bonds is 8. The summed E-state index contributed by atoms with van der Waals surface area (Å²) in [5.41, 5.74) is 4.58. The first kappa shape index (κ1) is 23.5. The van der Waals surface area contributed by atoms with Crippen molar-refractivity contribution in [2.24, 2.45) is 0 Å². The van der Waals surface area contributed by atoms with Gasteiger partial charge in [0, 0.05) is 54.0 Å². The van der Waals surface area contributed by atoms with E-state index in [0.717, 1.165) is 11.4 Å². The van der Waals surface area contributed by atoms with E-state index in [1.807, 2.05) is 85.7 Å². The highest BCUT2D eigenvalue weighted by atomic mass is 16.5. The van der Waals surface area contributed by atoms with E-state index >= 15 is 0 Å². The van der Waals surface area contributed by atoms with Crippen molar-refractivity contribution < 1.29 is 9.53 Å². The molecule has 1 amide bonds. The highest BCUT2D eigenvalue weighted by Crippen LogP contribution is 2.24. The van der Waals surface area contributed by atoms with Crippen molar-refractivity contribution in [3.63, 3.8) is 0 Å². The van der Waals surface area contributed by atoms with Gasteiger partial charge in [0.25, 0.3) is 5.91 Å². The van der Waals surface area contributed by atoms with Crippen LogP contribution in [-0.4, -0.2) is 37.8 Å². The minimum absolute atomic E-state index is 0.213. The van der Waals surface area contributed by atoms with E-state index < -0.39 is 0 Å². The van der Waals surface area contributed by atoms with Gasteiger partial charge in [-0.1, -0.05) is 24.3 Å². The van der Waals surface area contributed by atoms with Crippen molar-refractivity contribution in [2.45, 2.75) is 0 Å². The Bertz CT molecular complexity index is 1370. The Balaban J connectivity index is 1.55. The lowest BCUT2D eigenvalue weighted by Gasteiger charge is -2.15. The molecule has 0 atom stereocenters. The Hall–Kier alpha value is -4.65. The molecule has 1 heterocycles. The second-order valence-electron chi connectivity index (χ2n) is 8.11. The maximum Gasteiger partial charge on any atom is 0.255 e. The quantitative estimate of drug-likeness (QED) is 0.296. The second kappa shape index (κ2) is 10.5. The zero-order chi connectivity index (χ0) is 24.8. The molecule has 7 heteroatoms. The third-order valence-electron chi connectivity index (χ3n) is 5.44. The SMILES string of the molecule is COc1cccc(C(=N)c2cccnc2Nc2cccc(C(=O)Nc3cccc(N(C)C)c3)c2)c1. The van der Waals surface area contributed by atoms with Crippen molar-refractivity contribution in [2.75, 3.05) is 36.7 Å². The number of carbonyl (C=O) groups excluding carboxylic acids is 1. The fourth-order valence-corrected chi connectivity index (χ4v) is 3.58. The number of hydrogen-bond donors (Lipinski definition) is 3. The molecule has 0 fully saturated rings. The molecule has 4 aromatic rings. The van der Waals surface area contributed by atoms with Gasteiger partial charge < -0.3 is 20.3 Å². The molecule has 0 bridgehead atoms. The van der Waals surface area contributed by atoms with Crippen LogP contribution < -0.4 is 20.3 Å². The number of anilines is 4. The molecule has 0 aliphatic carbocycles. The minimum Gasteiger partial charge on any atom is -0.497 e. The largest absolute Gasteiger partial charge is 0.497 e. The van der Waals surface area contributed by atoms with Crippen LogP contribution in [0.5, 0.6) is 5.75 Å². The molecule has 0 radical (unpaired) electrons. The van der Waals surface area contributed by atoms with Gasteiger partial charge in [-0.15, -0.1) is 0 Å². The molecule has 176 valence electrons. The zero-order valence-electron chi connectivity index (χ0n) is 19.9. The van der Waals surface area contributed by atoms with Crippen molar-refractivity contribution in [1.29, 1.82) is 5.41 Å². The number of pyridine rings is 1. The first-order chi connectivity index (χ1) is 16.9. The molecule has 7 nitrogen and oxygen atoms in total. The zero-order valence-corrected chi connectivity index (χ0v) is 19.9. The topological polar surface area (TPSA) is 90.3 Å². The maximum absolute atomic E-state index is 12.9. The first-order valence-electron chi connectivity index (χ1n) is 11.1. The molecule has 3 aromatic carbocycles. The average Bonchev–Trinajstić information content (AvgIpc) is 2.89. The van der Waals surface area contributed by atoms with Crippen LogP contribution >= 0.6 is 0 Å². The highest BCUT2D eigenvalue weighted by Gasteiger charge is 2.13. The minimum atomic E-state index is -0.213. The van der Waals surface area contributed by atoms with Crippen LogP contribution in [0, 0.1) is 5.41 Å². The summed E-state index contributed by atoms with van der Waals surface area (Å²) in [6.07, 6.45) is 1.67. The standard InChI is InChI=1S/C28H27N5O2/c1-33(2)23-12-6-11-22(18-23)32-28(34)20-9-4-10-21(16-20)31-27-25(14-7-15-30-27)26(29)19-8-5-13-24(17-19)35-3/h4-18,29H,1-3H3,(H,30,31)(H,32,34). The maximum atomic E-state index is 12.9. The molecule has 0 aliphatic rings. The Morgan fingerprint density at radius 2 is 1.63 bits per heavy atom. The average molecular weight is 466 g/mol. The van der Waals surface area contributed by atoms with Crippen molar-refractivity contribution in [3.8, 4) is 5.75 Å². The Morgan fingerprint density at radius 1 is 0.886 bits per heavy atom. The summed E-state index contributed by atoms with van der Waals surface area (Å²) in [6, 6.07) is 25.8. The van der Waals surface area contributed by atoms with Gasteiger partial charge in [-0.05, 0) is 60.7 Å². The van der Waals surface area contributed by atoms with Crippen LogP contribution in [0.4, 0.5) is 22.9 Å². The van der Waals surface area contributed by atoms with Crippen molar-refractivity contribution in [3.05, 3.63) is 108 Å². The smallest absolute Gasteiger partial charge is 0.255 e.